The van der Waals surface area contributed by atoms with Gasteiger partial charge in [-0.15, -0.1) is 35.3 Å². The molecule has 0 aliphatic carbocycles. The van der Waals surface area contributed by atoms with Crippen LogP contribution in [0.4, 0.5) is 5.69 Å². The van der Waals surface area contributed by atoms with Gasteiger partial charge in [-0.1, -0.05) is 20.8 Å². The van der Waals surface area contributed by atoms with Crippen LogP contribution in [0.15, 0.2) is 28.6 Å². The summed E-state index contributed by atoms with van der Waals surface area (Å²) in [4.78, 5) is 9.38. The molecule has 2 N–H and O–H groups in total. The zero-order valence-corrected chi connectivity index (χ0v) is 20.0. The fourth-order valence-corrected chi connectivity index (χ4v) is 3.50. The van der Waals surface area contributed by atoms with Crippen LogP contribution in [0.5, 0.6) is 11.5 Å². The second-order valence-corrected chi connectivity index (χ2v) is 8.35. The van der Waals surface area contributed by atoms with Crippen molar-refractivity contribution in [1.29, 1.82) is 0 Å². The van der Waals surface area contributed by atoms with E-state index < -0.39 is 0 Å². The molecule has 8 heteroatoms. The van der Waals surface area contributed by atoms with Gasteiger partial charge in [-0.25, -0.2) is 9.98 Å². The molecule has 28 heavy (non-hydrogen) atoms. The van der Waals surface area contributed by atoms with E-state index in [-0.39, 0.29) is 29.4 Å². The number of halogens is 1. The van der Waals surface area contributed by atoms with Crippen LogP contribution in [0, 0.1) is 0 Å². The maximum absolute atomic E-state index is 5.76. The van der Waals surface area contributed by atoms with Crippen LogP contribution in [-0.2, 0) is 12.0 Å². The maximum Gasteiger partial charge on any atom is 0.196 e. The van der Waals surface area contributed by atoms with E-state index in [4.69, 9.17) is 14.5 Å². The molecule has 6 nitrogen and oxygen atoms in total. The van der Waals surface area contributed by atoms with Crippen LogP contribution < -0.4 is 20.1 Å². The highest BCUT2D eigenvalue weighted by molar-refractivity contribution is 14.0. The zero-order valence-electron chi connectivity index (χ0n) is 16.9. The molecule has 0 radical (unpaired) electrons. The summed E-state index contributed by atoms with van der Waals surface area (Å²) in [5.41, 5.74) is 2.08. The molecule has 1 aliphatic heterocycles. The fourth-order valence-electron chi connectivity index (χ4n) is 2.56. The van der Waals surface area contributed by atoms with Gasteiger partial charge in [-0.2, -0.15) is 0 Å². The van der Waals surface area contributed by atoms with Crippen molar-refractivity contribution < 1.29 is 9.47 Å². The molecule has 0 unspecified atom stereocenters. The van der Waals surface area contributed by atoms with Crippen LogP contribution in [0.2, 0.25) is 0 Å². The van der Waals surface area contributed by atoms with Gasteiger partial charge in [0.05, 0.1) is 25.5 Å². The van der Waals surface area contributed by atoms with Crippen molar-refractivity contribution >= 4 is 47.0 Å². The third kappa shape index (κ3) is 6.23. The first kappa shape index (κ1) is 22.7. The van der Waals surface area contributed by atoms with Crippen LogP contribution in [0.3, 0.4) is 0 Å². The van der Waals surface area contributed by atoms with Gasteiger partial charge in [0.15, 0.2) is 17.5 Å². The smallest absolute Gasteiger partial charge is 0.196 e. The molecule has 2 heterocycles. The van der Waals surface area contributed by atoms with E-state index >= 15 is 0 Å². The lowest BCUT2D eigenvalue weighted by atomic mass is 9.93. The molecule has 0 saturated carbocycles. The Morgan fingerprint density at radius 1 is 1.21 bits per heavy atom. The average Bonchev–Trinajstić information content (AvgIpc) is 2.99. The largest absolute Gasteiger partial charge is 0.490 e. The van der Waals surface area contributed by atoms with E-state index in [0.29, 0.717) is 19.8 Å². The van der Waals surface area contributed by atoms with Crippen molar-refractivity contribution in [2.24, 2.45) is 4.99 Å². The van der Waals surface area contributed by atoms with Gasteiger partial charge in [0.2, 0.25) is 0 Å². The summed E-state index contributed by atoms with van der Waals surface area (Å²) in [7, 11) is 0. The quantitative estimate of drug-likeness (QED) is 0.347. The molecule has 0 bridgehead atoms. The molecule has 154 valence electrons. The average molecular weight is 516 g/mol. The first-order valence-corrected chi connectivity index (χ1v) is 10.2. The first-order chi connectivity index (χ1) is 13.0. The second kappa shape index (κ2) is 10.3. The van der Waals surface area contributed by atoms with E-state index in [0.717, 1.165) is 46.8 Å². The molecule has 3 rings (SSSR count). The minimum Gasteiger partial charge on any atom is -0.490 e. The number of aromatic nitrogens is 1. The topological polar surface area (TPSA) is 67.8 Å². The molecule has 0 saturated heterocycles. The number of hydrogen-bond acceptors (Lipinski definition) is 5. The number of nitrogens with one attached hydrogen (secondary N) is 2. The van der Waals surface area contributed by atoms with Gasteiger partial charge in [0.1, 0.15) is 5.01 Å². The van der Waals surface area contributed by atoms with Gasteiger partial charge in [0, 0.05) is 35.5 Å². The van der Waals surface area contributed by atoms with Crippen LogP contribution in [0.25, 0.3) is 0 Å². The van der Waals surface area contributed by atoms with Crippen molar-refractivity contribution in [2.45, 2.75) is 46.1 Å². The summed E-state index contributed by atoms with van der Waals surface area (Å²) in [6, 6.07) is 5.86. The number of ether oxygens (including phenoxy) is 2. The van der Waals surface area contributed by atoms with Gasteiger partial charge in [0.25, 0.3) is 0 Å². The van der Waals surface area contributed by atoms with Crippen molar-refractivity contribution in [3.63, 3.8) is 0 Å². The zero-order chi connectivity index (χ0) is 19.3. The van der Waals surface area contributed by atoms with Gasteiger partial charge < -0.3 is 20.1 Å². The maximum atomic E-state index is 5.76. The van der Waals surface area contributed by atoms with Crippen molar-refractivity contribution in [2.75, 3.05) is 25.1 Å². The SMILES string of the molecule is CCNC(=NCc1nc(C(C)(C)C)cs1)Nc1ccc2c(c1)OCCCO2.I. The Labute approximate surface area is 188 Å². The highest BCUT2D eigenvalue weighted by Crippen LogP contribution is 2.32. The van der Waals surface area contributed by atoms with Gasteiger partial charge >= 0.3 is 0 Å². The van der Waals surface area contributed by atoms with Gasteiger partial charge in [-0.05, 0) is 19.1 Å². The Morgan fingerprint density at radius 2 is 1.96 bits per heavy atom. The summed E-state index contributed by atoms with van der Waals surface area (Å²) < 4.78 is 11.4. The van der Waals surface area contributed by atoms with Crippen molar-refractivity contribution in [3.8, 4) is 11.5 Å². The summed E-state index contributed by atoms with van der Waals surface area (Å²) in [5, 5.41) is 9.74. The summed E-state index contributed by atoms with van der Waals surface area (Å²) >= 11 is 1.65. The first-order valence-electron chi connectivity index (χ1n) is 9.35. The number of guanidine groups is 1. The third-order valence-electron chi connectivity index (χ3n) is 4.05. The Morgan fingerprint density at radius 3 is 2.64 bits per heavy atom. The third-order valence-corrected chi connectivity index (χ3v) is 4.88. The highest BCUT2D eigenvalue weighted by Gasteiger charge is 2.17. The molecule has 0 amide bonds. The molecule has 1 aliphatic rings. The Bertz CT molecular complexity index is 802. The van der Waals surface area contributed by atoms with E-state index in [2.05, 4.69) is 41.8 Å². The summed E-state index contributed by atoms with van der Waals surface area (Å²) in [5.74, 6) is 2.28. The monoisotopic (exact) mass is 516 g/mol. The molecule has 0 fully saturated rings. The summed E-state index contributed by atoms with van der Waals surface area (Å²) in [6.45, 7) is 11.2. The van der Waals surface area contributed by atoms with Gasteiger partial charge in [-0.3, -0.25) is 0 Å². The van der Waals surface area contributed by atoms with E-state index in [1.807, 2.05) is 25.1 Å². The Hall–Kier alpha value is -1.55. The second-order valence-electron chi connectivity index (χ2n) is 7.41. The molecule has 1 aromatic heterocycles. The lowest BCUT2D eigenvalue weighted by Crippen LogP contribution is -2.30. The van der Waals surface area contributed by atoms with Crippen LogP contribution in [-0.4, -0.2) is 30.7 Å². The normalized spacial score (nSPS) is 14.1. The summed E-state index contributed by atoms with van der Waals surface area (Å²) in [6.07, 6.45) is 0.895. The molecule has 2 aromatic rings. The number of nitrogens with zero attached hydrogens (tertiary/aromatic N) is 2. The Kier molecular flexibility index (Phi) is 8.36. The number of aliphatic imine (C=N–C) groups is 1. The Balaban J connectivity index is 0.00000280. The number of anilines is 1. The van der Waals surface area contributed by atoms with E-state index in [1.165, 1.54) is 0 Å². The minimum absolute atomic E-state index is 0. The predicted octanol–water partition coefficient (Wildman–Crippen LogP) is 4.80. The molecule has 0 spiro atoms. The van der Waals surface area contributed by atoms with Crippen molar-refractivity contribution in [1.82, 2.24) is 10.3 Å². The van der Waals surface area contributed by atoms with E-state index in [1.54, 1.807) is 11.3 Å². The molecular formula is C20H29IN4O2S. The minimum atomic E-state index is 0. The number of fused-ring (bicyclic) bond motifs is 1. The van der Waals surface area contributed by atoms with Crippen LogP contribution in [0.1, 0.15) is 44.8 Å². The lowest BCUT2D eigenvalue weighted by molar-refractivity contribution is 0.297. The predicted molar refractivity (Wildman–Crippen MR) is 127 cm³/mol. The lowest BCUT2D eigenvalue weighted by Gasteiger charge is -2.14. The molecular weight excluding hydrogens is 487 g/mol. The number of benzene rings is 1. The molecule has 1 aromatic carbocycles. The highest BCUT2D eigenvalue weighted by atomic mass is 127. The fraction of sp³-hybridized carbons (Fsp3) is 0.500. The van der Waals surface area contributed by atoms with Crippen molar-refractivity contribution in [3.05, 3.63) is 34.3 Å². The molecule has 0 atom stereocenters. The number of rotatable bonds is 4. The number of hydrogen-bond donors (Lipinski definition) is 2. The number of thiazole rings is 1. The van der Waals surface area contributed by atoms with E-state index in [9.17, 15) is 0 Å². The standard InChI is InChI=1S/C20H28N4O2S.HI/c1-5-21-19(22-12-18-24-17(13-27-18)20(2,3)4)23-14-7-8-15-16(11-14)26-10-6-9-25-15;/h7-8,11,13H,5-6,9-10,12H2,1-4H3,(H2,21,22,23);1H. The van der Waals surface area contributed by atoms with Crippen LogP contribution >= 0.6 is 35.3 Å².